The summed E-state index contributed by atoms with van der Waals surface area (Å²) >= 11 is 6.37. The van der Waals surface area contributed by atoms with Crippen LogP contribution in [0, 0.1) is 0 Å². The minimum Gasteiger partial charge on any atom is -0.496 e. The molecule has 0 radical (unpaired) electrons. The smallest absolute Gasteiger partial charge is 0.409 e. The van der Waals surface area contributed by atoms with Gasteiger partial charge in [0.05, 0.1) is 24.9 Å². The molecule has 10 heteroatoms. The van der Waals surface area contributed by atoms with Crippen molar-refractivity contribution >= 4 is 34.7 Å². The largest absolute Gasteiger partial charge is 0.496 e. The fourth-order valence-corrected chi connectivity index (χ4v) is 4.85. The highest BCUT2D eigenvalue weighted by molar-refractivity contribution is 6.32. The molecule has 3 heterocycles. The molecule has 0 aliphatic carbocycles. The SMILES string of the molecule is COc1cc(OC)c(-c2cn3ccc(N4CCC(NCc5ccc(NC(=O)O)cc5)C4)cc3n2)cc1Cl. The lowest BCUT2D eigenvalue weighted by molar-refractivity contribution is 0.209. The molecule has 1 unspecified atom stereocenters. The second kappa shape index (κ2) is 10.6. The molecule has 9 nitrogen and oxygen atoms in total. The zero-order valence-corrected chi connectivity index (χ0v) is 21.3. The van der Waals surface area contributed by atoms with E-state index in [1.807, 2.05) is 35.0 Å². The number of ether oxygens (including phenoxy) is 2. The van der Waals surface area contributed by atoms with Crippen LogP contribution in [0.4, 0.5) is 16.2 Å². The van der Waals surface area contributed by atoms with Crippen LogP contribution in [0.1, 0.15) is 12.0 Å². The Kier molecular flexibility index (Phi) is 7.07. The number of anilines is 2. The maximum Gasteiger partial charge on any atom is 0.409 e. The van der Waals surface area contributed by atoms with Crippen LogP contribution in [0.15, 0.2) is 60.9 Å². The van der Waals surface area contributed by atoms with Gasteiger partial charge in [0.25, 0.3) is 0 Å². The minimum atomic E-state index is -1.06. The predicted molar refractivity (Wildman–Crippen MR) is 144 cm³/mol. The topological polar surface area (TPSA) is 100 Å². The molecule has 1 aliphatic rings. The number of hydrogen-bond donors (Lipinski definition) is 3. The van der Waals surface area contributed by atoms with Crippen molar-refractivity contribution in [2.24, 2.45) is 0 Å². The fourth-order valence-electron chi connectivity index (χ4n) is 4.61. The Balaban J connectivity index is 1.26. The van der Waals surface area contributed by atoms with E-state index in [0.29, 0.717) is 28.3 Å². The molecule has 2 aromatic heterocycles. The fraction of sp³-hybridized carbons (Fsp3) is 0.259. The van der Waals surface area contributed by atoms with Crippen LogP contribution in [-0.2, 0) is 6.54 Å². The number of methoxy groups -OCH3 is 2. The molecule has 0 saturated carbocycles. The summed E-state index contributed by atoms with van der Waals surface area (Å²) in [6.07, 6.45) is 3.95. The van der Waals surface area contributed by atoms with Gasteiger partial charge in [-0.3, -0.25) is 5.32 Å². The monoisotopic (exact) mass is 521 g/mol. The molecule has 0 bridgehead atoms. The van der Waals surface area contributed by atoms with Crippen LogP contribution >= 0.6 is 11.6 Å². The van der Waals surface area contributed by atoms with Crippen molar-refractivity contribution in [1.29, 1.82) is 0 Å². The van der Waals surface area contributed by atoms with E-state index in [1.54, 1.807) is 32.4 Å². The van der Waals surface area contributed by atoms with Gasteiger partial charge in [-0.1, -0.05) is 23.7 Å². The number of hydrogen-bond acceptors (Lipinski definition) is 6. The van der Waals surface area contributed by atoms with Crippen LogP contribution in [-0.4, -0.2) is 53.9 Å². The van der Waals surface area contributed by atoms with Gasteiger partial charge in [-0.15, -0.1) is 0 Å². The standard InChI is InChI=1S/C27H28ClN5O4/c1-36-24-13-25(37-2)22(28)12-21(24)23-16-33-10-8-20(11-26(33)31-23)32-9-7-19(15-32)29-14-17-3-5-18(6-4-17)30-27(34)35/h3-6,8,10-13,16,19,29-30H,7,9,14-15H2,1-2H3,(H,34,35). The van der Waals surface area contributed by atoms with Crippen molar-refractivity contribution in [2.45, 2.75) is 19.0 Å². The van der Waals surface area contributed by atoms with E-state index in [4.69, 9.17) is 31.2 Å². The molecule has 2 aromatic carbocycles. The first kappa shape index (κ1) is 24.7. The lowest BCUT2D eigenvalue weighted by Gasteiger charge is -2.19. The maximum atomic E-state index is 10.8. The van der Waals surface area contributed by atoms with Gasteiger partial charge in [-0.25, -0.2) is 9.78 Å². The number of carboxylic acid groups (broad SMARTS) is 1. The van der Waals surface area contributed by atoms with E-state index in [2.05, 4.69) is 27.7 Å². The summed E-state index contributed by atoms with van der Waals surface area (Å²) in [4.78, 5) is 17.9. The van der Waals surface area contributed by atoms with Gasteiger partial charge in [0, 0.05) is 67.1 Å². The summed E-state index contributed by atoms with van der Waals surface area (Å²) in [5.74, 6) is 1.20. The third-order valence-electron chi connectivity index (χ3n) is 6.55. The normalized spacial score (nSPS) is 15.2. The molecule has 3 N–H and O–H groups in total. The summed E-state index contributed by atoms with van der Waals surface area (Å²) in [6.45, 7) is 2.57. The molecule has 1 aliphatic heterocycles. The van der Waals surface area contributed by atoms with Crippen LogP contribution < -0.4 is 25.0 Å². The number of halogens is 1. The molecule has 4 aromatic rings. The van der Waals surface area contributed by atoms with Crippen molar-refractivity contribution in [3.05, 3.63) is 71.5 Å². The first-order valence-electron chi connectivity index (χ1n) is 11.9. The lowest BCUT2D eigenvalue weighted by Crippen LogP contribution is -2.32. The van der Waals surface area contributed by atoms with E-state index in [9.17, 15) is 4.79 Å². The van der Waals surface area contributed by atoms with Gasteiger partial charge in [-0.05, 0) is 36.2 Å². The number of rotatable bonds is 8. The molecule has 5 rings (SSSR count). The highest BCUT2D eigenvalue weighted by Crippen LogP contribution is 2.38. The van der Waals surface area contributed by atoms with Crippen LogP contribution in [0.2, 0.25) is 5.02 Å². The Morgan fingerprint density at radius 2 is 1.92 bits per heavy atom. The average molecular weight is 522 g/mol. The van der Waals surface area contributed by atoms with Crippen molar-refractivity contribution in [1.82, 2.24) is 14.7 Å². The number of benzene rings is 2. The first-order valence-corrected chi connectivity index (χ1v) is 12.3. The Bertz CT molecular complexity index is 1420. The number of amides is 1. The number of fused-ring (bicyclic) bond motifs is 1. The van der Waals surface area contributed by atoms with Crippen molar-refractivity contribution in [3.8, 4) is 22.8 Å². The van der Waals surface area contributed by atoms with Gasteiger partial charge in [-0.2, -0.15) is 0 Å². The van der Waals surface area contributed by atoms with Crippen LogP contribution in [0.5, 0.6) is 11.5 Å². The highest BCUT2D eigenvalue weighted by atomic mass is 35.5. The van der Waals surface area contributed by atoms with Crippen molar-refractivity contribution in [2.75, 3.05) is 37.5 Å². The zero-order valence-electron chi connectivity index (χ0n) is 20.6. The van der Waals surface area contributed by atoms with E-state index in [-0.39, 0.29) is 0 Å². The molecule has 37 heavy (non-hydrogen) atoms. The summed E-state index contributed by atoms with van der Waals surface area (Å²) < 4.78 is 12.9. The molecule has 192 valence electrons. The molecule has 1 saturated heterocycles. The van der Waals surface area contributed by atoms with Gasteiger partial charge < -0.3 is 29.2 Å². The molecule has 1 fully saturated rings. The van der Waals surface area contributed by atoms with E-state index in [0.717, 1.165) is 54.2 Å². The van der Waals surface area contributed by atoms with E-state index >= 15 is 0 Å². The third-order valence-corrected chi connectivity index (χ3v) is 6.84. The quantitative estimate of drug-likeness (QED) is 0.295. The van der Waals surface area contributed by atoms with E-state index < -0.39 is 6.09 Å². The number of imidazole rings is 1. The number of pyridine rings is 1. The van der Waals surface area contributed by atoms with Crippen LogP contribution in [0.3, 0.4) is 0 Å². The van der Waals surface area contributed by atoms with Gasteiger partial charge in [0.15, 0.2) is 0 Å². The minimum absolute atomic E-state index is 0.356. The second-order valence-corrected chi connectivity index (χ2v) is 9.31. The zero-order chi connectivity index (χ0) is 25.9. The highest BCUT2D eigenvalue weighted by Gasteiger charge is 2.23. The average Bonchev–Trinajstić information content (AvgIpc) is 3.54. The molecule has 1 atom stereocenters. The van der Waals surface area contributed by atoms with Crippen molar-refractivity contribution in [3.63, 3.8) is 0 Å². The maximum absolute atomic E-state index is 10.8. The Labute approximate surface area is 219 Å². The Morgan fingerprint density at radius 1 is 1.14 bits per heavy atom. The van der Waals surface area contributed by atoms with Gasteiger partial charge in [0.1, 0.15) is 17.1 Å². The summed E-state index contributed by atoms with van der Waals surface area (Å²) in [6, 6.07) is 15.5. The summed E-state index contributed by atoms with van der Waals surface area (Å²) in [5.41, 5.74) is 5.20. The van der Waals surface area contributed by atoms with Crippen molar-refractivity contribution < 1.29 is 19.4 Å². The molecule has 1 amide bonds. The molecular formula is C27H28ClN5O4. The van der Waals surface area contributed by atoms with Gasteiger partial charge in [0.2, 0.25) is 0 Å². The number of carbonyl (C=O) groups is 1. The third kappa shape index (κ3) is 5.42. The van der Waals surface area contributed by atoms with Crippen LogP contribution in [0.25, 0.3) is 16.9 Å². The summed E-state index contributed by atoms with van der Waals surface area (Å²) in [7, 11) is 3.19. The first-order chi connectivity index (χ1) is 17.9. The van der Waals surface area contributed by atoms with E-state index in [1.165, 1.54) is 0 Å². The number of aromatic nitrogens is 2. The summed E-state index contributed by atoms with van der Waals surface area (Å²) in [5, 5.41) is 15.3. The van der Waals surface area contributed by atoms with Gasteiger partial charge >= 0.3 is 6.09 Å². The Hall–Kier alpha value is -3.95. The second-order valence-electron chi connectivity index (χ2n) is 8.90. The molecule has 0 spiro atoms. The molecular weight excluding hydrogens is 494 g/mol. The Morgan fingerprint density at radius 3 is 2.65 bits per heavy atom. The lowest BCUT2D eigenvalue weighted by atomic mass is 10.1. The number of nitrogens with zero attached hydrogens (tertiary/aromatic N) is 3. The number of nitrogens with one attached hydrogen (secondary N) is 2. The predicted octanol–water partition coefficient (Wildman–Crippen LogP) is 5.13.